The second kappa shape index (κ2) is 9.98. The van der Waals surface area contributed by atoms with E-state index < -0.39 is 38.2 Å². The van der Waals surface area contributed by atoms with Crippen molar-refractivity contribution in [3.05, 3.63) is 90.5 Å². The number of nitriles is 1. The Morgan fingerprint density at radius 1 is 1.13 bits per heavy atom. The topological polar surface area (TPSA) is 203 Å². The van der Waals surface area contributed by atoms with Crippen LogP contribution in [0.2, 0.25) is 0 Å². The number of nitrogens with zero attached hydrogens (tertiary/aromatic N) is 6. The van der Waals surface area contributed by atoms with Gasteiger partial charge in [0.2, 0.25) is 0 Å². The van der Waals surface area contributed by atoms with E-state index in [1.54, 1.807) is 35.0 Å². The summed E-state index contributed by atoms with van der Waals surface area (Å²) in [5.74, 6) is -0.853. The standard InChI is InChI=1S/C25H20N8O6/c1-25(2,3)31-22-20(24(35)28-13-27-22)21(30-31)15-5-4-6-17(10-15)29-23(34)16(12-26)7-14-8-18(32(36)37)11-19(9-14)33(38)39/h4-11,13H,1-3H3,(H,29,34)(H,27,28,35)/b16-7+. The monoisotopic (exact) mass is 528 g/mol. The number of aromatic nitrogens is 4. The Labute approximate surface area is 219 Å². The van der Waals surface area contributed by atoms with E-state index in [1.807, 2.05) is 20.8 Å². The largest absolute Gasteiger partial charge is 0.321 e. The molecule has 0 radical (unpaired) electrons. The highest BCUT2D eigenvalue weighted by molar-refractivity contribution is 6.10. The minimum Gasteiger partial charge on any atom is -0.321 e. The first-order chi connectivity index (χ1) is 18.4. The van der Waals surface area contributed by atoms with Crippen LogP contribution in [0.15, 0.2) is 59.2 Å². The predicted octanol–water partition coefficient (Wildman–Crippen LogP) is 3.90. The number of aromatic amines is 1. The highest BCUT2D eigenvalue weighted by atomic mass is 16.6. The van der Waals surface area contributed by atoms with Gasteiger partial charge in [0.25, 0.3) is 22.8 Å². The zero-order valence-electron chi connectivity index (χ0n) is 20.8. The molecular formula is C25H20N8O6. The number of carbonyl (C=O) groups is 1. The lowest BCUT2D eigenvalue weighted by molar-refractivity contribution is -0.394. The first-order valence-corrected chi connectivity index (χ1v) is 11.3. The molecule has 0 aliphatic heterocycles. The van der Waals surface area contributed by atoms with E-state index in [9.17, 15) is 35.1 Å². The van der Waals surface area contributed by atoms with E-state index in [0.717, 1.165) is 24.3 Å². The average Bonchev–Trinajstić information content (AvgIpc) is 3.29. The van der Waals surface area contributed by atoms with Crippen molar-refractivity contribution >= 4 is 40.1 Å². The summed E-state index contributed by atoms with van der Waals surface area (Å²) in [6.07, 6.45) is 2.31. The first-order valence-electron chi connectivity index (χ1n) is 11.3. The van der Waals surface area contributed by atoms with E-state index >= 15 is 0 Å². The van der Waals surface area contributed by atoms with Gasteiger partial charge in [-0.15, -0.1) is 0 Å². The molecule has 196 valence electrons. The molecule has 1 amide bonds. The molecule has 39 heavy (non-hydrogen) atoms. The smallest absolute Gasteiger partial charge is 0.276 e. The molecule has 0 fully saturated rings. The van der Waals surface area contributed by atoms with Gasteiger partial charge in [-0.05, 0) is 44.5 Å². The maximum absolute atomic E-state index is 12.9. The van der Waals surface area contributed by atoms with Crippen molar-refractivity contribution in [3.8, 4) is 17.3 Å². The molecule has 0 atom stereocenters. The Morgan fingerprint density at radius 2 is 1.79 bits per heavy atom. The van der Waals surface area contributed by atoms with Gasteiger partial charge < -0.3 is 10.3 Å². The highest BCUT2D eigenvalue weighted by Crippen LogP contribution is 2.30. The second-order valence-corrected chi connectivity index (χ2v) is 9.36. The third-order valence-electron chi connectivity index (χ3n) is 5.52. The summed E-state index contributed by atoms with van der Waals surface area (Å²) in [5.41, 5.74) is -1.03. The lowest BCUT2D eigenvalue weighted by atomic mass is 10.1. The molecule has 14 nitrogen and oxygen atoms in total. The van der Waals surface area contributed by atoms with Crippen LogP contribution >= 0.6 is 0 Å². The van der Waals surface area contributed by atoms with Gasteiger partial charge in [-0.1, -0.05) is 12.1 Å². The molecule has 2 N–H and O–H groups in total. The van der Waals surface area contributed by atoms with Gasteiger partial charge in [0, 0.05) is 23.4 Å². The molecule has 2 aromatic carbocycles. The van der Waals surface area contributed by atoms with Crippen molar-refractivity contribution in [2.45, 2.75) is 26.3 Å². The number of H-pyrrole nitrogens is 1. The fraction of sp³-hybridized carbons (Fsp3) is 0.160. The Balaban J connectivity index is 1.71. The van der Waals surface area contributed by atoms with Crippen molar-refractivity contribution in [2.24, 2.45) is 0 Å². The number of nitro groups is 2. The Hall–Kier alpha value is -5.71. The van der Waals surface area contributed by atoms with Gasteiger partial charge in [-0.2, -0.15) is 10.4 Å². The van der Waals surface area contributed by atoms with Crippen LogP contribution in [0, 0.1) is 31.6 Å². The molecule has 4 aromatic rings. The summed E-state index contributed by atoms with van der Waals surface area (Å²) in [5, 5.41) is 39.3. The fourth-order valence-electron chi connectivity index (χ4n) is 3.80. The van der Waals surface area contributed by atoms with Gasteiger partial charge >= 0.3 is 0 Å². The van der Waals surface area contributed by atoms with Gasteiger partial charge in [-0.25, -0.2) is 9.67 Å². The van der Waals surface area contributed by atoms with Gasteiger partial charge in [0.1, 0.15) is 22.7 Å². The van der Waals surface area contributed by atoms with Crippen molar-refractivity contribution in [2.75, 3.05) is 5.32 Å². The summed E-state index contributed by atoms with van der Waals surface area (Å²) >= 11 is 0. The molecule has 0 saturated carbocycles. The quantitative estimate of drug-likeness (QED) is 0.161. The molecule has 0 spiro atoms. The number of carbonyl (C=O) groups excluding carboxylic acids is 1. The second-order valence-electron chi connectivity index (χ2n) is 9.36. The van der Waals surface area contributed by atoms with Gasteiger partial charge in [-0.3, -0.25) is 29.8 Å². The van der Waals surface area contributed by atoms with Crippen LogP contribution in [0.5, 0.6) is 0 Å². The SMILES string of the molecule is CC(C)(C)n1nc(-c2cccc(NC(=O)/C(C#N)=C/c3cc([N+](=O)[O-])cc([N+](=O)[O-])c3)c2)c2c(=O)[nH]cnc21. The summed E-state index contributed by atoms with van der Waals surface area (Å²) in [7, 11) is 0. The zero-order chi connectivity index (χ0) is 28.5. The van der Waals surface area contributed by atoms with Crippen LogP contribution in [0.1, 0.15) is 26.3 Å². The molecule has 0 unspecified atom stereocenters. The number of amides is 1. The molecular weight excluding hydrogens is 508 g/mol. The molecule has 2 aromatic heterocycles. The summed E-state index contributed by atoms with van der Waals surface area (Å²) in [6.45, 7) is 5.73. The summed E-state index contributed by atoms with van der Waals surface area (Å²) < 4.78 is 1.63. The van der Waals surface area contributed by atoms with E-state index in [1.165, 1.54) is 6.33 Å². The van der Waals surface area contributed by atoms with Crippen LogP contribution in [0.4, 0.5) is 17.1 Å². The van der Waals surface area contributed by atoms with Crippen LogP contribution < -0.4 is 10.9 Å². The van der Waals surface area contributed by atoms with Crippen LogP contribution in [0.25, 0.3) is 28.4 Å². The third kappa shape index (κ3) is 5.37. The molecule has 0 aliphatic carbocycles. The number of fused-ring (bicyclic) bond motifs is 1. The van der Waals surface area contributed by atoms with Crippen molar-refractivity contribution in [1.82, 2.24) is 19.7 Å². The minimum atomic E-state index is -0.853. The molecule has 0 saturated heterocycles. The molecule has 14 heteroatoms. The number of nitrogens with one attached hydrogen (secondary N) is 2. The maximum Gasteiger partial charge on any atom is 0.276 e. The van der Waals surface area contributed by atoms with E-state index in [-0.39, 0.29) is 22.2 Å². The predicted molar refractivity (Wildman–Crippen MR) is 141 cm³/mol. The van der Waals surface area contributed by atoms with E-state index in [4.69, 9.17) is 0 Å². The van der Waals surface area contributed by atoms with Crippen molar-refractivity contribution in [3.63, 3.8) is 0 Å². The normalized spacial score (nSPS) is 11.7. The number of anilines is 1. The number of nitro benzene ring substituents is 2. The lowest BCUT2D eigenvalue weighted by Crippen LogP contribution is -2.23. The molecule has 4 rings (SSSR count). The van der Waals surface area contributed by atoms with Gasteiger partial charge in [0.05, 0.1) is 27.8 Å². The fourth-order valence-corrected chi connectivity index (χ4v) is 3.80. The Morgan fingerprint density at radius 3 is 2.38 bits per heavy atom. The van der Waals surface area contributed by atoms with E-state index in [0.29, 0.717) is 16.9 Å². The summed E-state index contributed by atoms with van der Waals surface area (Å²) in [6, 6.07) is 10.9. The maximum atomic E-state index is 12.9. The number of rotatable bonds is 6. The third-order valence-corrected chi connectivity index (χ3v) is 5.52. The average molecular weight is 528 g/mol. The van der Waals surface area contributed by atoms with Crippen LogP contribution in [0.3, 0.4) is 0 Å². The highest BCUT2D eigenvalue weighted by Gasteiger charge is 2.24. The number of benzene rings is 2. The molecule has 0 bridgehead atoms. The Kier molecular flexibility index (Phi) is 6.74. The molecule has 0 aliphatic rings. The number of hydrogen-bond donors (Lipinski definition) is 2. The van der Waals surface area contributed by atoms with Crippen LogP contribution in [-0.4, -0.2) is 35.5 Å². The lowest BCUT2D eigenvalue weighted by Gasteiger charge is -2.19. The number of hydrogen-bond acceptors (Lipinski definition) is 9. The zero-order valence-corrected chi connectivity index (χ0v) is 20.8. The van der Waals surface area contributed by atoms with Crippen LogP contribution in [-0.2, 0) is 10.3 Å². The minimum absolute atomic E-state index is 0.0673. The van der Waals surface area contributed by atoms with Gasteiger partial charge in [0.15, 0.2) is 5.65 Å². The first kappa shape index (κ1) is 26.4. The Bertz CT molecular complexity index is 1760. The number of non-ortho nitro benzene ring substituents is 2. The summed E-state index contributed by atoms with van der Waals surface area (Å²) in [4.78, 5) is 53.1. The van der Waals surface area contributed by atoms with E-state index in [2.05, 4.69) is 20.4 Å². The molecule has 2 heterocycles. The van der Waals surface area contributed by atoms with Crippen molar-refractivity contribution in [1.29, 1.82) is 5.26 Å². The van der Waals surface area contributed by atoms with Crippen molar-refractivity contribution < 1.29 is 14.6 Å².